The van der Waals surface area contributed by atoms with E-state index in [0.29, 0.717) is 5.69 Å². The third kappa shape index (κ3) is 4.61. The molecular formula is C17H26N9O8P. The molecule has 35 heavy (non-hydrogen) atoms. The summed E-state index contributed by atoms with van der Waals surface area (Å²) in [5.41, 5.74) is 12.6. The summed E-state index contributed by atoms with van der Waals surface area (Å²) in [6, 6.07) is -1.36. The van der Waals surface area contributed by atoms with E-state index in [4.69, 9.17) is 16.2 Å². The lowest BCUT2D eigenvalue weighted by Gasteiger charge is -2.38. The van der Waals surface area contributed by atoms with Crippen molar-refractivity contribution in [2.24, 2.45) is 23.5 Å². The normalized spacial score (nSPS) is 27.2. The molecule has 192 valence electrons. The van der Waals surface area contributed by atoms with E-state index in [1.54, 1.807) is 17.8 Å². The van der Waals surface area contributed by atoms with Crippen molar-refractivity contribution in [2.45, 2.75) is 43.2 Å². The maximum Gasteiger partial charge on any atom is 0.451 e. The van der Waals surface area contributed by atoms with Crippen LogP contribution in [0.2, 0.25) is 0 Å². The summed E-state index contributed by atoms with van der Waals surface area (Å²) >= 11 is 0. The Morgan fingerprint density at radius 3 is 2.57 bits per heavy atom. The third-order valence-corrected chi connectivity index (χ3v) is 6.51. The van der Waals surface area contributed by atoms with E-state index in [-0.39, 0.29) is 22.7 Å². The van der Waals surface area contributed by atoms with Gasteiger partial charge in [-0.2, -0.15) is 0 Å². The quantitative estimate of drug-likeness (QED) is 0.178. The molecule has 0 aromatic carbocycles. The number of aliphatic hydroxyl groups is 3. The lowest BCUT2D eigenvalue weighted by atomic mass is 10.1. The first-order chi connectivity index (χ1) is 16.4. The van der Waals surface area contributed by atoms with Gasteiger partial charge < -0.3 is 45.9 Å². The van der Waals surface area contributed by atoms with Crippen molar-refractivity contribution in [1.29, 1.82) is 0 Å². The number of aliphatic hydroxyl groups excluding tert-OH is 3. The first-order valence-corrected chi connectivity index (χ1v) is 11.9. The third-order valence-electron chi connectivity index (χ3n) is 5.62. The molecule has 2 aliphatic rings. The molecule has 2 aromatic rings. The van der Waals surface area contributed by atoms with Gasteiger partial charge in [0.15, 0.2) is 12.0 Å². The molecule has 6 atom stereocenters. The van der Waals surface area contributed by atoms with Crippen molar-refractivity contribution >= 4 is 25.8 Å². The van der Waals surface area contributed by atoms with Crippen molar-refractivity contribution in [2.75, 3.05) is 6.61 Å². The second-order valence-electron chi connectivity index (χ2n) is 8.14. The molecule has 0 radical (unpaired) electrons. The molecule has 1 fully saturated rings. The minimum atomic E-state index is -5.27. The molecule has 2 aromatic heterocycles. The number of aromatic nitrogens is 4. The lowest BCUT2D eigenvalue weighted by molar-refractivity contribution is -0.138. The fourth-order valence-electron chi connectivity index (χ4n) is 3.89. The first-order valence-electron chi connectivity index (χ1n) is 10.3. The van der Waals surface area contributed by atoms with Crippen LogP contribution in [0.25, 0.3) is 0 Å². The number of nitrogens with zero attached hydrogens (tertiary/aromatic N) is 7. The molecule has 18 heteroatoms. The average Bonchev–Trinajstić information content (AvgIpc) is 3.47. The van der Waals surface area contributed by atoms with Crippen LogP contribution in [-0.2, 0) is 27.6 Å². The summed E-state index contributed by atoms with van der Waals surface area (Å²) in [5.74, 6) is -1.07. The Morgan fingerprint density at radius 1 is 1.29 bits per heavy atom. The van der Waals surface area contributed by atoms with E-state index in [2.05, 4.69) is 15.0 Å². The number of fused-ring (bicyclic) bond motifs is 1. The van der Waals surface area contributed by atoms with E-state index >= 15 is 0 Å². The van der Waals surface area contributed by atoms with Gasteiger partial charge >= 0.3 is 7.75 Å². The number of carbonyl (C=O) groups is 1. The molecule has 4 heterocycles. The van der Waals surface area contributed by atoms with Crippen LogP contribution in [0.4, 0.5) is 5.82 Å². The molecule has 1 saturated heterocycles. The van der Waals surface area contributed by atoms with Gasteiger partial charge in [-0.1, -0.05) is 0 Å². The van der Waals surface area contributed by atoms with E-state index in [0.717, 1.165) is 11.3 Å². The van der Waals surface area contributed by atoms with Crippen molar-refractivity contribution in [3.05, 3.63) is 30.2 Å². The Bertz CT molecular complexity index is 1160. The number of rotatable bonds is 7. The zero-order valence-electron chi connectivity index (χ0n) is 18.4. The van der Waals surface area contributed by atoms with Crippen LogP contribution < -0.4 is 11.5 Å². The van der Waals surface area contributed by atoms with Gasteiger partial charge in [0.25, 0.3) is 5.91 Å². The van der Waals surface area contributed by atoms with Gasteiger partial charge in [-0.25, -0.2) is 24.5 Å². The van der Waals surface area contributed by atoms with Crippen molar-refractivity contribution in [3.63, 3.8) is 0 Å². The minimum Gasteiger partial charge on any atom is -0.394 e. The predicted molar refractivity (Wildman–Crippen MR) is 116 cm³/mol. The molecule has 0 bridgehead atoms. The SMILES string of the molecule is Cn1cnc(C[C@H](N)C(=O)N(N2C=Nc3c(ncn3[C@@H]3O[C@H](CO)C(O)C3O)C2N)P(=O)(O)O)c1. The summed E-state index contributed by atoms with van der Waals surface area (Å²) in [4.78, 5) is 45.1. The van der Waals surface area contributed by atoms with Gasteiger partial charge in [-0.05, 0) is 0 Å². The van der Waals surface area contributed by atoms with Gasteiger partial charge in [0.05, 0.1) is 31.0 Å². The van der Waals surface area contributed by atoms with Crippen LogP contribution in [0.15, 0.2) is 23.8 Å². The zero-order chi connectivity index (χ0) is 25.7. The molecular weight excluding hydrogens is 489 g/mol. The van der Waals surface area contributed by atoms with Crippen LogP contribution in [0.3, 0.4) is 0 Å². The van der Waals surface area contributed by atoms with Crippen molar-refractivity contribution < 1.29 is 39.2 Å². The molecule has 3 unspecified atom stereocenters. The maximum absolute atomic E-state index is 13.0. The number of aryl methyl sites for hydroxylation is 1. The van der Waals surface area contributed by atoms with Crippen LogP contribution in [0, 0.1) is 0 Å². The number of amides is 1. The number of imidazole rings is 2. The average molecular weight is 515 g/mol. The second-order valence-corrected chi connectivity index (χ2v) is 9.55. The Balaban J connectivity index is 1.60. The molecule has 0 aliphatic carbocycles. The topological polar surface area (TPSA) is 251 Å². The summed E-state index contributed by atoms with van der Waals surface area (Å²) < 4.78 is 20.8. The summed E-state index contributed by atoms with van der Waals surface area (Å²) in [6.07, 6.45) is -1.28. The van der Waals surface area contributed by atoms with Gasteiger partial charge in [0.1, 0.15) is 36.5 Å². The van der Waals surface area contributed by atoms with Crippen LogP contribution in [0.1, 0.15) is 23.8 Å². The van der Waals surface area contributed by atoms with Gasteiger partial charge in [-0.3, -0.25) is 9.36 Å². The molecule has 2 aliphatic heterocycles. The summed E-state index contributed by atoms with van der Waals surface area (Å²) in [6.45, 7) is -0.541. The Hall–Kier alpha value is -2.73. The number of ether oxygens (including phenoxy) is 1. The molecule has 17 nitrogen and oxygen atoms in total. The van der Waals surface area contributed by atoms with Gasteiger partial charge in [0, 0.05) is 19.7 Å². The smallest absolute Gasteiger partial charge is 0.394 e. The predicted octanol–water partition coefficient (Wildman–Crippen LogP) is -3.43. The van der Waals surface area contributed by atoms with Crippen LogP contribution in [-0.4, -0.2) is 97.2 Å². The standard InChI is InChI=1S/C17H26N9O8P/c1-23-3-8(20-5-23)2-9(18)16(30)26(35(31,32)33)25-7-22-15-11(14(25)19)21-6-24(15)17-13(29)12(28)10(4-27)34-17/h3,5-7,9-10,12-14,17,27-29H,2,4,18-19H2,1H3,(H2,31,32,33)/t9-,10+,12?,13?,14?,17+/m0/s1. The molecule has 0 saturated carbocycles. The fourth-order valence-corrected chi connectivity index (χ4v) is 4.73. The molecule has 0 spiro atoms. The molecule has 4 rings (SSSR count). The number of nitrogens with two attached hydrogens (primary N) is 2. The maximum atomic E-state index is 13.0. The molecule has 1 amide bonds. The van der Waals surface area contributed by atoms with E-state index in [1.165, 1.54) is 17.2 Å². The Morgan fingerprint density at radius 2 is 2.00 bits per heavy atom. The highest BCUT2D eigenvalue weighted by Gasteiger charge is 2.46. The van der Waals surface area contributed by atoms with Crippen molar-refractivity contribution in [3.8, 4) is 0 Å². The number of hydrogen-bond acceptors (Lipinski definition) is 12. The highest BCUT2D eigenvalue weighted by molar-refractivity contribution is 7.49. The summed E-state index contributed by atoms with van der Waals surface area (Å²) in [5, 5.41) is 30.3. The zero-order valence-corrected chi connectivity index (χ0v) is 19.3. The van der Waals surface area contributed by atoms with Crippen LogP contribution >= 0.6 is 7.75 Å². The number of hydrazine groups is 1. The van der Waals surface area contributed by atoms with Gasteiger partial charge in [-0.15, -0.1) is 4.78 Å². The minimum absolute atomic E-state index is 0.00483. The Kier molecular flexibility index (Phi) is 6.80. The largest absolute Gasteiger partial charge is 0.451 e. The number of aliphatic imine (C=N–C) groups is 1. The fraction of sp³-hybridized carbons (Fsp3) is 0.529. The Labute approximate surface area is 198 Å². The summed E-state index contributed by atoms with van der Waals surface area (Å²) in [7, 11) is -3.56. The van der Waals surface area contributed by atoms with Crippen LogP contribution in [0.5, 0.6) is 0 Å². The monoisotopic (exact) mass is 515 g/mol. The molecule has 9 N–H and O–H groups in total. The highest BCUT2D eigenvalue weighted by atomic mass is 31.2. The van der Waals surface area contributed by atoms with E-state index in [9.17, 15) is 34.5 Å². The van der Waals surface area contributed by atoms with Crippen molar-refractivity contribution in [1.82, 2.24) is 28.9 Å². The van der Waals surface area contributed by atoms with E-state index in [1.807, 2.05) is 0 Å². The highest BCUT2D eigenvalue weighted by Crippen LogP contribution is 2.45. The number of carbonyl (C=O) groups excluding carboxylic acids is 1. The lowest BCUT2D eigenvalue weighted by Crippen LogP contribution is -2.54. The van der Waals surface area contributed by atoms with E-state index < -0.39 is 57.0 Å². The number of hydrogen-bond donors (Lipinski definition) is 7. The first kappa shape index (κ1) is 25.4. The van der Waals surface area contributed by atoms with Gasteiger partial charge in [0.2, 0.25) is 0 Å². The second kappa shape index (κ2) is 9.38.